The summed E-state index contributed by atoms with van der Waals surface area (Å²) < 4.78 is 10.3. The van der Waals surface area contributed by atoms with E-state index < -0.39 is 12.2 Å². The van der Waals surface area contributed by atoms with Crippen molar-refractivity contribution < 1.29 is 19.4 Å². The molecule has 5 nitrogen and oxygen atoms in total. The van der Waals surface area contributed by atoms with Crippen LogP contribution in [0.4, 0.5) is 0 Å². The highest BCUT2D eigenvalue weighted by molar-refractivity contribution is 5.66. The summed E-state index contributed by atoms with van der Waals surface area (Å²) in [6.07, 6.45) is -0.439. The molecule has 0 saturated carbocycles. The normalized spacial score (nSPS) is 24.9. The minimum Gasteiger partial charge on any atom is -0.497 e. The number of benzene rings is 1. The van der Waals surface area contributed by atoms with Crippen LogP contribution in [0, 0.1) is 0 Å². The van der Waals surface area contributed by atoms with Gasteiger partial charge in [0, 0.05) is 13.5 Å². The van der Waals surface area contributed by atoms with Crippen LogP contribution >= 0.6 is 0 Å². The molecule has 5 heteroatoms. The zero-order valence-electron chi connectivity index (χ0n) is 11.1. The van der Waals surface area contributed by atoms with Gasteiger partial charge in [0.05, 0.1) is 13.2 Å². The largest absolute Gasteiger partial charge is 0.497 e. The number of methoxy groups -OCH3 is 1. The number of aliphatic hydroxyl groups is 1. The van der Waals surface area contributed by atoms with Crippen LogP contribution in [-0.4, -0.2) is 43.0 Å². The fraction of sp³-hybridized carbons (Fsp3) is 0.533. The van der Waals surface area contributed by atoms with E-state index in [0.717, 1.165) is 11.3 Å². The van der Waals surface area contributed by atoms with Gasteiger partial charge in [0.2, 0.25) is 0 Å². The van der Waals surface area contributed by atoms with Gasteiger partial charge in [-0.15, -0.1) is 0 Å². The second-order valence-corrected chi connectivity index (χ2v) is 4.71. The minimum atomic E-state index is -0.646. The Bertz CT molecular complexity index is 432. The summed E-state index contributed by atoms with van der Waals surface area (Å²) in [6, 6.07) is 7.65. The molecule has 1 fully saturated rings. The van der Waals surface area contributed by atoms with Gasteiger partial charge in [-0.05, 0) is 24.1 Å². The topological polar surface area (TPSA) is 67.8 Å². The van der Waals surface area contributed by atoms with Crippen molar-refractivity contribution >= 4 is 5.97 Å². The molecule has 20 heavy (non-hydrogen) atoms. The highest BCUT2D eigenvalue weighted by atomic mass is 16.6. The molecule has 0 unspecified atom stereocenters. The molecule has 112 valence electrons. The smallest absolute Gasteiger partial charge is 0.303 e. The minimum absolute atomic E-state index is 0. The molecule has 0 bridgehead atoms. The zero-order valence-corrected chi connectivity index (χ0v) is 11.1. The second-order valence-electron chi connectivity index (χ2n) is 4.71. The SMILES string of the molecule is C.COc1ccc(C[C@H]2NC[C@H](O)[C@H]2OC(C)=O)cc1. The maximum absolute atomic E-state index is 11.0. The summed E-state index contributed by atoms with van der Waals surface area (Å²) in [5, 5.41) is 13.0. The predicted octanol–water partition coefficient (Wildman–Crippen LogP) is 1.14. The molecule has 0 aromatic heterocycles. The van der Waals surface area contributed by atoms with Crippen molar-refractivity contribution in [3.05, 3.63) is 29.8 Å². The average molecular weight is 281 g/mol. The molecule has 2 rings (SSSR count). The quantitative estimate of drug-likeness (QED) is 0.810. The molecule has 1 aromatic rings. The van der Waals surface area contributed by atoms with Gasteiger partial charge in [-0.2, -0.15) is 0 Å². The predicted molar refractivity (Wildman–Crippen MR) is 76.8 cm³/mol. The van der Waals surface area contributed by atoms with Crippen LogP contribution in [-0.2, 0) is 16.0 Å². The van der Waals surface area contributed by atoms with E-state index in [1.807, 2.05) is 24.3 Å². The van der Waals surface area contributed by atoms with Gasteiger partial charge < -0.3 is 19.9 Å². The monoisotopic (exact) mass is 281 g/mol. The van der Waals surface area contributed by atoms with Gasteiger partial charge >= 0.3 is 5.97 Å². The highest BCUT2D eigenvalue weighted by Crippen LogP contribution is 2.19. The summed E-state index contributed by atoms with van der Waals surface area (Å²) in [5.74, 6) is 0.437. The molecular weight excluding hydrogens is 258 g/mol. The maximum atomic E-state index is 11.0. The van der Waals surface area contributed by atoms with Crippen LogP contribution < -0.4 is 10.1 Å². The van der Waals surface area contributed by atoms with E-state index in [9.17, 15) is 9.90 Å². The third kappa shape index (κ3) is 3.95. The number of rotatable bonds is 4. The number of hydrogen-bond donors (Lipinski definition) is 2. The number of carbonyl (C=O) groups is 1. The molecule has 1 aromatic carbocycles. The number of β-amino-alcohol motifs (C(OH)–C–C–N with tert-alkyl or cyclic N) is 1. The van der Waals surface area contributed by atoms with Crippen LogP contribution in [0.25, 0.3) is 0 Å². The molecule has 0 spiro atoms. The average Bonchev–Trinajstić information content (AvgIpc) is 2.72. The number of nitrogens with one attached hydrogen (secondary N) is 1. The molecule has 2 N–H and O–H groups in total. The first kappa shape index (κ1) is 16.5. The van der Waals surface area contributed by atoms with Gasteiger partial charge in [0.25, 0.3) is 0 Å². The molecule has 1 aliphatic rings. The molecule has 0 radical (unpaired) electrons. The lowest BCUT2D eigenvalue weighted by atomic mass is 10.0. The second kappa shape index (κ2) is 7.26. The lowest BCUT2D eigenvalue weighted by molar-refractivity contribution is -0.151. The van der Waals surface area contributed by atoms with E-state index in [-0.39, 0.29) is 19.4 Å². The van der Waals surface area contributed by atoms with Crippen molar-refractivity contribution in [2.24, 2.45) is 0 Å². The standard InChI is InChI=1S/C14H19NO4.CH4/c1-9(16)19-14-12(15-8-13(14)17)7-10-3-5-11(18-2)6-4-10;/h3-6,12-15,17H,7-8H2,1-2H3;1H4/t12-,13+,14+;/m1./s1. The Labute approximate surface area is 119 Å². The fourth-order valence-corrected chi connectivity index (χ4v) is 2.33. The summed E-state index contributed by atoms with van der Waals surface area (Å²) in [6.45, 7) is 1.80. The Balaban J connectivity index is 0.00000200. The van der Waals surface area contributed by atoms with Crippen LogP contribution in [0.15, 0.2) is 24.3 Å². The molecule has 0 amide bonds. The molecule has 1 aliphatic heterocycles. The van der Waals surface area contributed by atoms with Gasteiger partial charge in [0.1, 0.15) is 18.0 Å². The Hall–Kier alpha value is -1.59. The molecule has 1 heterocycles. The van der Waals surface area contributed by atoms with Crippen LogP contribution in [0.3, 0.4) is 0 Å². The van der Waals surface area contributed by atoms with Crippen LogP contribution in [0.5, 0.6) is 5.75 Å². The van der Waals surface area contributed by atoms with Gasteiger partial charge in [0.15, 0.2) is 0 Å². The molecule has 3 atom stereocenters. The van der Waals surface area contributed by atoms with Crippen molar-refractivity contribution in [3.8, 4) is 5.75 Å². The fourth-order valence-electron chi connectivity index (χ4n) is 2.33. The highest BCUT2D eigenvalue weighted by Gasteiger charge is 2.37. The third-order valence-corrected chi connectivity index (χ3v) is 3.28. The maximum Gasteiger partial charge on any atom is 0.303 e. The lowest BCUT2D eigenvalue weighted by Crippen LogP contribution is -2.38. The van der Waals surface area contributed by atoms with E-state index in [1.165, 1.54) is 6.92 Å². The first-order valence-electron chi connectivity index (χ1n) is 6.31. The number of carbonyl (C=O) groups excluding carboxylic acids is 1. The summed E-state index contributed by atoms with van der Waals surface area (Å²) >= 11 is 0. The van der Waals surface area contributed by atoms with Crippen molar-refractivity contribution in [2.45, 2.75) is 39.0 Å². The summed E-state index contributed by atoms with van der Waals surface area (Å²) in [7, 11) is 1.63. The van der Waals surface area contributed by atoms with E-state index in [2.05, 4.69) is 5.32 Å². The summed E-state index contributed by atoms with van der Waals surface area (Å²) in [4.78, 5) is 11.0. The van der Waals surface area contributed by atoms with Crippen molar-refractivity contribution in [3.63, 3.8) is 0 Å². The van der Waals surface area contributed by atoms with Crippen LogP contribution in [0.1, 0.15) is 19.9 Å². The number of aliphatic hydroxyl groups excluding tert-OH is 1. The first-order chi connectivity index (χ1) is 9.10. The molecule has 0 aliphatic carbocycles. The van der Waals surface area contributed by atoms with E-state index >= 15 is 0 Å². The Morgan fingerprint density at radius 2 is 2.05 bits per heavy atom. The number of hydrogen-bond acceptors (Lipinski definition) is 5. The Morgan fingerprint density at radius 3 is 2.60 bits per heavy atom. The van der Waals surface area contributed by atoms with Crippen molar-refractivity contribution in [1.82, 2.24) is 5.32 Å². The van der Waals surface area contributed by atoms with Crippen molar-refractivity contribution in [1.29, 1.82) is 0 Å². The lowest BCUT2D eigenvalue weighted by Gasteiger charge is -2.21. The molecular formula is C15H23NO4. The van der Waals surface area contributed by atoms with Gasteiger partial charge in [-0.1, -0.05) is 19.6 Å². The van der Waals surface area contributed by atoms with Crippen molar-refractivity contribution in [2.75, 3.05) is 13.7 Å². The zero-order chi connectivity index (χ0) is 13.8. The van der Waals surface area contributed by atoms with E-state index in [0.29, 0.717) is 13.0 Å². The third-order valence-electron chi connectivity index (χ3n) is 3.28. The Kier molecular flexibility index (Phi) is 5.98. The van der Waals surface area contributed by atoms with E-state index in [4.69, 9.17) is 9.47 Å². The first-order valence-corrected chi connectivity index (χ1v) is 6.31. The Morgan fingerprint density at radius 1 is 1.40 bits per heavy atom. The van der Waals surface area contributed by atoms with Gasteiger partial charge in [-0.3, -0.25) is 4.79 Å². The van der Waals surface area contributed by atoms with Crippen LogP contribution in [0.2, 0.25) is 0 Å². The summed E-state index contributed by atoms with van der Waals surface area (Å²) in [5.41, 5.74) is 1.10. The van der Waals surface area contributed by atoms with E-state index in [1.54, 1.807) is 7.11 Å². The number of esters is 1. The number of ether oxygens (including phenoxy) is 2. The molecule has 1 saturated heterocycles. The van der Waals surface area contributed by atoms with Gasteiger partial charge in [-0.25, -0.2) is 0 Å².